The van der Waals surface area contributed by atoms with Gasteiger partial charge in [-0.15, -0.1) is 12.6 Å². The van der Waals surface area contributed by atoms with Crippen molar-refractivity contribution in [2.45, 2.75) is 10.8 Å². The topological polar surface area (TPSA) is 18.5 Å². The second kappa shape index (κ2) is 3.31. The monoisotopic (exact) mass is 218 g/mol. The van der Waals surface area contributed by atoms with Crippen molar-refractivity contribution in [2.75, 3.05) is 13.2 Å². The van der Waals surface area contributed by atoms with Crippen molar-refractivity contribution in [1.82, 2.24) is 0 Å². The summed E-state index contributed by atoms with van der Waals surface area (Å²) in [7, 11) is 0. The molecule has 0 amide bonds. The fourth-order valence-electron chi connectivity index (χ4n) is 1.14. The summed E-state index contributed by atoms with van der Waals surface area (Å²) in [6.45, 7) is -1.30. The fourth-order valence-corrected chi connectivity index (χ4v) is 1.33. The van der Waals surface area contributed by atoms with Gasteiger partial charge in [0, 0.05) is 4.90 Å². The lowest BCUT2D eigenvalue weighted by Crippen LogP contribution is -2.30. The number of rotatable bonds is 0. The van der Waals surface area contributed by atoms with Gasteiger partial charge in [0.2, 0.25) is 0 Å². The van der Waals surface area contributed by atoms with Gasteiger partial charge in [-0.2, -0.15) is 8.78 Å². The first-order valence-corrected chi connectivity index (χ1v) is 4.48. The summed E-state index contributed by atoms with van der Waals surface area (Å²) in [5.41, 5.74) is 0. The number of benzene rings is 1. The normalized spacial score (nSPS) is 18.8. The van der Waals surface area contributed by atoms with Gasteiger partial charge >= 0.3 is 5.92 Å². The number of hydrogen-bond donors (Lipinski definition) is 1. The first-order valence-electron chi connectivity index (χ1n) is 4.03. The smallest absolute Gasteiger partial charge is 0.314 e. The third kappa shape index (κ3) is 1.92. The van der Waals surface area contributed by atoms with Crippen LogP contribution in [0, 0.1) is 0 Å². The largest absolute Gasteiger partial charge is 0.483 e. The quantitative estimate of drug-likeness (QED) is 0.674. The van der Waals surface area contributed by atoms with Crippen LogP contribution in [0.15, 0.2) is 23.1 Å². The lowest BCUT2D eigenvalue weighted by atomic mass is 10.3. The van der Waals surface area contributed by atoms with Crippen LogP contribution in [0.4, 0.5) is 8.78 Å². The highest BCUT2D eigenvalue weighted by molar-refractivity contribution is 7.80. The molecule has 1 aromatic rings. The highest BCUT2D eigenvalue weighted by atomic mass is 32.1. The number of fused-ring (bicyclic) bond motifs is 1. The van der Waals surface area contributed by atoms with Crippen molar-refractivity contribution >= 4 is 12.6 Å². The summed E-state index contributed by atoms with van der Waals surface area (Å²) in [5, 5.41) is 0. The van der Waals surface area contributed by atoms with E-state index in [4.69, 9.17) is 9.47 Å². The molecule has 0 saturated heterocycles. The van der Waals surface area contributed by atoms with E-state index in [0.29, 0.717) is 16.4 Å². The van der Waals surface area contributed by atoms with E-state index in [0.717, 1.165) is 0 Å². The number of ether oxygens (including phenoxy) is 2. The summed E-state index contributed by atoms with van der Waals surface area (Å²) in [6, 6.07) is 4.79. The zero-order valence-electron chi connectivity index (χ0n) is 7.17. The van der Waals surface area contributed by atoms with Crippen molar-refractivity contribution in [2.24, 2.45) is 0 Å². The second-order valence-electron chi connectivity index (χ2n) is 3.06. The van der Waals surface area contributed by atoms with Crippen LogP contribution in [0.1, 0.15) is 0 Å². The molecule has 2 rings (SSSR count). The van der Waals surface area contributed by atoms with Gasteiger partial charge in [0.15, 0.2) is 24.7 Å². The molecule has 0 saturated carbocycles. The Morgan fingerprint density at radius 3 is 2.50 bits per heavy atom. The average Bonchev–Trinajstić information content (AvgIpc) is 2.26. The Morgan fingerprint density at radius 2 is 1.79 bits per heavy atom. The number of alkyl halides is 2. The second-order valence-corrected chi connectivity index (χ2v) is 3.58. The van der Waals surface area contributed by atoms with Crippen LogP contribution >= 0.6 is 12.6 Å². The average molecular weight is 218 g/mol. The molecular formula is C9H8F2O2S. The van der Waals surface area contributed by atoms with Gasteiger partial charge in [0.05, 0.1) is 0 Å². The summed E-state index contributed by atoms with van der Waals surface area (Å²) < 4.78 is 35.6. The molecule has 0 N–H and O–H groups in total. The molecule has 0 aliphatic carbocycles. The summed E-state index contributed by atoms with van der Waals surface area (Å²) in [4.78, 5) is 0.651. The molecule has 0 unspecified atom stereocenters. The van der Waals surface area contributed by atoms with Crippen LogP contribution in [-0.4, -0.2) is 19.1 Å². The molecular weight excluding hydrogens is 210 g/mol. The molecule has 76 valence electrons. The zero-order chi connectivity index (χ0) is 10.2. The highest BCUT2D eigenvalue weighted by Gasteiger charge is 2.34. The van der Waals surface area contributed by atoms with Crippen molar-refractivity contribution in [3.8, 4) is 11.5 Å². The number of thiol groups is 1. The molecule has 0 radical (unpaired) electrons. The molecule has 0 aromatic heterocycles. The molecule has 0 bridgehead atoms. The Labute approximate surface area is 85.2 Å². The van der Waals surface area contributed by atoms with Crippen molar-refractivity contribution < 1.29 is 18.3 Å². The first kappa shape index (κ1) is 9.58. The predicted octanol–water partition coefficient (Wildman–Crippen LogP) is 2.38. The van der Waals surface area contributed by atoms with Crippen LogP contribution in [-0.2, 0) is 0 Å². The minimum absolute atomic E-state index is 0.315. The molecule has 5 heteroatoms. The Kier molecular flexibility index (Phi) is 2.26. The van der Waals surface area contributed by atoms with Crippen LogP contribution in [0.25, 0.3) is 0 Å². The molecule has 0 spiro atoms. The number of hydrogen-bond acceptors (Lipinski definition) is 3. The standard InChI is InChI=1S/C9H8F2O2S/c10-9(11)4-12-7-2-1-6(14)3-8(7)13-5-9/h1-3,14H,4-5H2. The van der Waals surface area contributed by atoms with Crippen LogP contribution in [0.3, 0.4) is 0 Å². The first-order chi connectivity index (χ1) is 6.57. The maximum absolute atomic E-state index is 12.9. The van der Waals surface area contributed by atoms with Crippen LogP contribution in [0.2, 0.25) is 0 Å². The van der Waals surface area contributed by atoms with Gasteiger partial charge in [0.25, 0.3) is 0 Å². The van der Waals surface area contributed by atoms with E-state index in [1.165, 1.54) is 0 Å². The minimum Gasteiger partial charge on any atom is -0.483 e. The van der Waals surface area contributed by atoms with E-state index in [1.807, 2.05) is 0 Å². The van der Waals surface area contributed by atoms with Gasteiger partial charge in [-0.05, 0) is 18.2 Å². The van der Waals surface area contributed by atoms with Crippen molar-refractivity contribution in [1.29, 1.82) is 0 Å². The van der Waals surface area contributed by atoms with E-state index in [2.05, 4.69) is 12.6 Å². The minimum atomic E-state index is -2.93. The van der Waals surface area contributed by atoms with Crippen molar-refractivity contribution in [3.05, 3.63) is 18.2 Å². The van der Waals surface area contributed by atoms with Gasteiger partial charge in [-0.1, -0.05) is 0 Å². The fraction of sp³-hybridized carbons (Fsp3) is 0.333. The maximum Gasteiger partial charge on any atom is 0.314 e. The Bertz CT molecular complexity index is 355. The summed E-state index contributed by atoms with van der Waals surface area (Å²) in [5.74, 6) is -2.29. The highest BCUT2D eigenvalue weighted by Crippen LogP contribution is 2.34. The molecule has 1 aliphatic rings. The molecule has 0 atom stereocenters. The van der Waals surface area contributed by atoms with E-state index >= 15 is 0 Å². The summed E-state index contributed by atoms with van der Waals surface area (Å²) >= 11 is 4.07. The van der Waals surface area contributed by atoms with Gasteiger partial charge in [-0.25, -0.2) is 0 Å². The lowest BCUT2D eigenvalue weighted by Gasteiger charge is -2.10. The maximum atomic E-state index is 12.9. The van der Waals surface area contributed by atoms with E-state index in [9.17, 15) is 8.78 Å². The zero-order valence-corrected chi connectivity index (χ0v) is 8.06. The molecule has 2 nitrogen and oxygen atoms in total. The Morgan fingerprint density at radius 1 is 1.14 bits per heavy atom. The molecule has 1 heterocycles. The third-order valence-electron chi connectivity index (χ3n) is 1.80. The Balaban J connectivity index is 2.30. The van der Waals surface area contributed by atoms with E-state index in [-0.39, 0.29) is 0 Å². The molecule has 14 heavy (non-hydrogen) atoms. The van der Waals surface area contributed by atoms with E-state index in [1.54, 1.807) is 18.2 Å². The molecule has 1 aromatic carbocycles. The third-order valence-corrected chi connectivity index (χ3v) is 2.08. The summed E-state index contributed by atoms with van der Waals surface area (Å²) in [6.07, 6.45) is 0. The van der Waals surface area contributed by atoms with Gasteiger partial charge in [-0.3, -0.25) is 0 Å². The van der Waals surface area contributed by atoms with Crippen LogP contribution in [0.5, 0.6) is 11.5 Å². The van der Waals surface area contributed by atoms with Crippen molar-refractivity contribution in [3.63, 3.8) is 0 Å². The van der Waals surface area contributed by atoms with Crippen LogP contribution < -0.4 is 9.47 Å². The van der Waals surface area contributed by atoms with Gasteiger partial charge in [0.1, 0.15) is 0 Å². The molecule has 1 aliphatic heterocycles. The lowest BCUT2D eigenvalue weighted by molar-refractivity contribution is -0.0622. The molecule has 0 fully saturated rings. The van der Waals surface area contributed by atoms with Gasteiger partial charge < -0.3 is 9.47 Å². The van der Waals surface area contributed by atoms with E-state index < -0.39 is 19.1 Å². The Hall–Kier alpha value is -0.970. The SMILES string of the molecule is FC1(F)COc2ccc(S)cc2OC1. The number of halogens is 2. The predicted molar refractivity (Wildman–Crippen MR) is 49.6 cm³/mol.